The summed E-state index contributed by atoms with van der Waals surface area (Å²) >= 11 is 0. The molecular weight excluding hydrogens is 496 g/mol. The van der Waals surface area contributed by atoms with E-state index < -0.39 is 0 Å². The molecule has 4 unspecified atom stereocenters. The summed E-state index contributed by atoms with van der Waals surface area (Å²) in [5, 5.41) is 28.0. The first-order chi connectivity index (χ1) is 19.5. The molecule has 0 fully saturated rings. The third-order valence-electron chi connectivity index (χ3n) is 8.70. The van der Waals surface area contributed by atoms with E-state index in [4.69, 9.17) is 5.73 Å². The van der Waals surface area contributed by atoms with E-state index in [9.17, 15) is 10.2 Å². The summed E-state index contributed by atoms with van der Waals surface area (Å²) in [5.74, 6) is 0.697. The highest BCUT2D eigenvalue weighted by atomic mass is 16.3. The van der Waals surface area contributed by atoms with Crippen LogP contribution in [0, 0.1) is 11.8 Å². The van der Waals surface area contributed by atoms with E-state index in [1.54, 1.807) is 0 Å². The molecule has 0 aromatic carbocycles. The molecule has 0 saturated carbocycles. The Kier molecular flexibility index (Phi) is 30.0. The van der Waals surface area contributed by atoms with Crippen molar-refractivity contribution in [3.8, 4) is 0 Å². The lowest BCUT2D eigenvalue weighted by Crippen LogP contribution is -2.42. The van der Waals surface area contributed by atoms with Gasteiger partial charge in [-0.2, -0.15) is 0 Å². The summed E-state index contributed by atoms with van der Waals surface area (Å²) in [6, 6.07) is 0. The second-order valence-corrected chi connectivity index (χ2v) is 12.7. The van der Waals surface area contributed by atoms with Crippen molar-refractivity contribution in [1.82, 2.24) is 15.5 Å². The summed E-state index contributed by atoms with van der Waals surface area (Å²) < 4.78 is 0. The lowest BCUT2D eigenvalue weighted by atomic mass is 9.96. The van der Waals surface area contributed by atoms with Crippen LogP contribution in [0.4, 0.5) is 0 Å². The normalized spacial score (nSPS) is 15.0. The van der Waals surface area contributed by atoms with Crippen molar-refractivity contribution in [2.24, 2.45) is 17.6 Å². The molecule has 0 aliphatic carbocycles. The van der Waals surface area contributed by atoms with Crippen LogP contribution in [0.25, 0.3) is 0 Å². The van der Waals surface area contributed by atoms with Gasteiger partial charge in [0.05, 0.1) is 12.2 Å². The van der Waals surface area contributed by atoms with Crippen LogP contribution >= 0.6 is 0 Å². The van der Waals surface area contributed by atoms with Crippen molar-refractivity contribution in [2.75, 3.05) is 52.4 Å². The standard InChI is InChI=1S/C34H74N4O2/c1-5-7-9-11-13-15-17-19-21-31(3)33(39)29-36-24-27-38(26-23-35)28-25-37-30-34(40)32(4)22-20-18-16-14-12-10-8-6-2/h31-34,36-37,39-40H,5-30,35H2,1-4H3. The Morgan fingerprint density at radius 3 is 1.25 bits per heavy atom. The summed E-state index contributed by atoms with van der Waals surface area (Å²) in [4.78, 5) is 2.37. The molecule has 6 nitrogen and oxygen atoms in total. The van der Waals surface area contributed by atoms with Crippen LogP contribution in [-0.2, 0) is 0 Å². The molecule has 0 radical (unpaired) electrons. The monoisotopic (exact) mass is 571 g/mol. The number of nitrogens with zero attached hydrogens (tertiary/aromatic N) is 1. The van der Waals surface area contributed by atoms with Crippen LogP contribution < -0.4 is 16.4 Å². The van der Waals surface area contributed by atoms with Crippen LogP contribution in [0.2, 0.25) is 0 Å². The molecule has 0 aromatic heterocycles. The molecule has 4 atom stereocenters. The first-order valence-corrected chi connectivity index (χ1v) is 17.7. The lowest BCUT2D eigenvalue weighted by Gasteiger charge is -2.24. The Morgan fingerprint density at radius 1 is 0.550 bits per heavy atom. The number of hydrogen-bond acceptors (Lipinski definition) is 6. The van der Waals surface area contributed by atoms with Crippen LogP contribution in [0.1, 0.15) is 143 Å². The highest BCUT2D eigenvalue weighted by molar-refractivity contribution is 4.71. The van der Waals surface area contributed by atoms with Gasteiger partial charge in [0, 0.05) is 52.4 Å². The molecule has 0 aromatic rings. The number of aliphatic hydroxyl groups excluding tert-OH is 2. The van der Waals surface area contributed by atoms with Gasteiger partial charge in [0.25, 0.3) is 0 Å². The van der Waals surface area contributed by atoms with E-state index in [0.29, 0.717) is 31.5 Å². The number of aliphatic hydroxyl groups is 2. The molecule has 0 spiro atoms. The third kappa shape index (κ3) is 25.5. The van der Waals surface area contributed by atoms with Gasteiger partial charge in [-0.15, -0.1) is 0 Å². The first-order valence-electron chi connectivity index (χ1n) is 17.7. The van der Waals surface area contributed by atoms with Gasteiger partial charge in [0.2, 0.25) is 0 Å². The van der Waals surface area contributed by atoms with Gasteiger partial charge in [0.1, 0.15) is 0 Å². The smallest absolute Gasteiger partial charge is 0.0690 e. The Morgan fingerprint density at radius 2 is 0.900 bits per heavy atom. The van der Waals surface area contributed by atoms with Crippen molar-refractivity contribution in [3.63, 3.8) is 0 Å². The maximum absolute atomic E-state index is 10.5. The zero-order valence-corrected chi connectivity index (χ0v) is 27.6. The fourth-order valence-electron chi connectivity index (χ4n) is 5.48. The van der Waals surface area contributed by atoms with Gasteiger partial charge < -0.3 is 26.6 Å². The van der Waals surface area contributed by atoms with Gasteiger partial charge in [-0.3, -0.25) is 4.90 Å². The SMILES string of the molecule is CCCCCCCCCCC(C)C(O)CNCCN(CCN)CCNCC(O)C(C)CCCCCCCCCC. The Hall–Kier alpha value is -0.240. The number of nitrogens with two attached hydrogens (primary N) is 1. The van der Waals surface area contributed by atoms with E-state index in [1.165, 1.54) is 103 Å². The second-order valence-electron chi connectivity index (χ2n) is 12.7. The average molecular weight is 571 g/mol. The zero-order valence-electron chi connectivity index (χ0n) is 27.6. The summed E-state index contributed by atoms with van der Waals surface area (Å²) in [6.07, 6.45) is 23.1. The average Bonchev–Trinajstić information content (AvgIpc) is 2.95. The van der Waals surface area contributed by atoms with E-state index in [-0.39, 0.29) is 12.2 Å². The van der Waals surface area contributed by atoms with Crippen molar-refractivity contribution in [3.05, 3.63) is 0 Å². The van der Waals surface area contributed by atoms with Gasteiger partial charge in [-0.1, -0.05) is 130 Å². The largest absolute Gasteiger partial charge is 0.392 e. The van der Waals surface area contributed by atoms with Crippen LogP contribution in [0.15, 0.2) is 0 Å². The Labute approximate surface area is 251 Å². The van der Waals surface area contributed by atoms with Crippen molar-refractivity contribution < 1.29 is 10.2 Å². The minimum absolute atomic E-state index is 0.275. The summed E-state index contributed by atoms with van der Waals surface area (Å²) in [7, 11) is 0. The maximum atomic E-state index is 10.5. The van der Waals surface area contributed by atoms with Crippen LogP contribution in [0.5, 0.6) is 0 Å². The van der Waals surface area contributed by atoms with Crippen LogP contribution in [0.3, 0.4) is 0 Å². The zero-order chi connectivity index (χ0) is 29.7. The maximum Gasteiger partial charge on any atom is 0.0690 e. The molecule has 0 amide bonds. The molecule has 6 heteroatoms. The minimum Gasteiger partial charge on any atom is -0.392 e. The van der Waals surface area contributed by atoms with Gasteiger partial charge >= 0.3 is 0 Å². The fraction of sp³-hybridized carbons (Fsp3) is 1.00. The number of hydrogen-bond donors (Lipinski definition) is 5. The molecular formula is C34H74N4O2. The number of rotatable bonds is 32. The Bertz CT molecular complexity index is 457. The lowest BCUT2D eigenvalue weighted by molar-refractivity contribution is 0.106. The topological polar surface area (TPSA) is 93.8 Å². The highest BCUT2D eigenvalue weighted by Gasteiger charge is 2.15. The molecule has 0 aliphatic rings. The second kappa shape index (κ2) is 30.2. The first kappa shape index (κ1) is 39.8. The van der Waals surface area contributed by atoms with Crippen molar-refractivity contribution >= 4 is 0 Å². The molecule has 0 rings (SSSR count). The third-order valence-corrected chi connectivity index (χ3v) is 8.70. The molecule has 0 heterocycles. The van der Waals surface area contributed by atoms with E-state index in [2.05, 4.69) is 43.2 Å². The van der Waals surface area contributed by atoms with Gasteiger partial charge in [0.15, 0.2) is 0 Å². The molecule has 6 N–H and O–H groups in total. The van der Waals surface area contributed by atoms with Crippen molar-refractivity contribution in [1.29, 1.82) is 0 Å². The number of unbranched alkanes of at least 4 members (excludes halogenated alkanes) is 14. The molecule has 40 heavy (non-hydrogen) atoms. The summed E-state index contributed by atoms with van der Waals surface area (Å²) in [6.45, 7) is 15.3. The van der Waals surface area contributed by atoms with E-state index in [1.807, 2.05) is 0 Å². The highest BCUT2D eigenvalue weighted by Crippen LogP contribution is 2.16. The van der Waals surface area contributed by atoms with Gasteiger partial charge in [-0.05, 0) is 24.7 Å². The molecule has 0 bridgehead atoms. The predicted molar refractivity (Wildman–Crippen MR) is 176 cm³/mol. The van der Waals surface area contributed by atoms with Gasteiger partial charge in [-0.25, -0.2) is 0 Å². The van der Waals surface area contributed by atoms with Crippen LogP contribution in [-0.4, -0.2) is 79.7 Å². The molecule has 242 valence electrons. The minimum atomic E-state index is -0.275. The quantitative estimate of drug-likeness (QED) is 0.0594. The summed E-state index contributed by atoms with van der Waals surface area (Å²) in [5.41, 5.74) is 5.85. The number of nitrogens with one attached hydrogen (secondary N) is 2. The van der Waals surface area contributed by atoms with Crippen molar-refractivity contribution in [2.45, 2.75) is 155 Å². The molecule has 0 aliphatic heterocycles. The predicted octanol–water partition coefficient (Wildman–Crippen LogP) is 6.48. The van der Waals surface area contributed by atoms with E-state index >= 15 is 0 Å². The Balaban J connectivity index is 3.84. The van der Waals surface area contributed by atoms with E-state index in [0.717, 1.165) is 45.6 Å². The fourth-order valence-corrected chi connectivity index (χ4v) is 5.48. The molecule has 0 saturated heterocycles.